The number of halogens is 3. The van der Waals surface area contributed by atoms with Gasteiger partial charge in [0.15, 0.2) is 9.84 Å². The van der Waals surface area contributed by atoms with Gasteiger partial charge in [0.05, 0.1) is 15.2 Å². The number of carbonyl (C=O) groups excluding carboxylic acids is 1. The molecular weight excluding hydrogens is 493 g/mol. The van der Waals surface area contributed by atoms with Crippen molar-refractivity contribution in [2.75, 3.05) is 11.4 Å². The summed E-state index contributed by atoms with van der Waals surface area (Å²) in [6.07, 6.45) is -2.73. The second-order valence-electron chi connectivity index (χ2n) is 9.29. The maximum atomic E-state index is 13.4. The van der Waals surface area contributed by atoms with Crippen molar-refractivity contribution in [1.82, 2.24) is 4.57 Å². The molecular formula is C26H25F3N2O4S. The van der Waals surface area contributed by atoms with E-state index in [4.69, 9.17) is 0 Å². The summed E-state index contributed by atoms with van der Waals surface area (Å²) in [5, 5.41) is 0. The van der Waals surface area contributed by atoms with Crippen molar-refractivity contribution in [3.63, 3.8) is 0 Å². The molecule has 0 spiro atoms. The number of carbonyl (C=O) groups is 1. The smallest absolute Gasteiger partial charge is 0.312 e. The van der Waals surface area contributed by atoms with Crippen molar-refractivity contribution in [2.24, 2.45) is 5.92 Å². The molecule has 1 aliphatic rings. The average Bonchev–Trinajstić information content (AvgIpc) is 2.84. The Labute approximate surface area is 206 Å². The molecule has 2 heterocycles. The molecule has 0 bridgehead atoms. The van der Waals surface area contributed by atoms with Gasteiger partial charge in [-0.2, -0.15) is 13.2 Å². The highest BCUT2D eigenvalue weighted by Gasteiger charge is 2.46. The molecule has 0 N–H and O–H groups in total. The van der Waals surface area contributed by atoms with Gasteiger partial charge in [-0.05, 0) is 74.7 Å². The van der Waals surface area contributed by atoms with E-state index >= 15 is 0 Å². The number of hydrogen-bond donors (Lipinski definition) is 0. The first-order valence-corrected chi connectivity index (χ1v) is 12.8. The van der Waals surface area contributed by atoms with Crippen LogP contribution in [0.3, 0.4) is 0 Å². The van der Waals surface area contributed by atoms with Crippen molar-refractivity contribution < 1.29 is 26.4 Å². The molecule has 0 aliphatic carbocycles. The molecule has 190 valence electrons. The van der Waals surface area contributed by atoms with Gasteiger partial charge in [0.1, 0.15) is 0 Å². The number of sulfone groups is 1. The predicted molar refractivity (Wildman–Crippen MR) is 130 cm³/mol. The minimum atomic E-state index is -4.67. The molecule has 1 aromatic heterocycles. The van der Waals surface area contributed by atoms with Crippen LogP contribution in [0, 0.1) is 5.92 Å². The van der Waals surface area contributed by atoms with Gasteiger partial charge in [-0.1, -0.05) is 12.1 Å². The summed E-state index contributed by atoms with van der Waals surface area (Å²) in [7, 11) is -4.17. The minimum Gasteiger partial charge on any atom is -0.312 e. The number of rotatable bonds is 5. The lowest BCUT2D eigenvalue weighted by Crippen LogP contribution is -2.48. The number of piperidine rings is 1. The van der Waals surface area contributed by atoms with E-state index in [2.05, 4.69) is 0 Å². The van der Waals surface area contributed by atoms with Gasteiger partial charge in [0, 0.05) is 36.6 Å². The Kier molecular flexibility index (Phi) is 6.59. The summed E-state index contributed by atoms with van der Waals surface area (Å²) in [5.41, 5.74) is 0.0301. The summed E-state index contributed by atoms with van der Waals surface area (Å²) in [6.45, 7) is 3.18. The molecule has 3 aromatic rings. The number of aromatic nitrogens is 1. The highest BCUT2D eigenvalue weighted by molar-refractivity contribution is 7.92. The first-order valence-electron chi connectivity index (χ1n) is 11.3. The van der Waals surface area contributed by atoms with E-state index in [1.165, 1.54) is 24.5 Å². The van der Waals surface area contributed by atoms with Gasteiger partial charge in [-0.25, -0.2) is 8.42 Å². The molecule has 2 aromatic carbocycles. The van der Waals surface area contributed by atoms with Crippen LogP contribution in [0.15, 0.2) is 82.6 Å². The maximum Gasteiger partial charge on any atom is 0.416 e. The number of benzene rings is 2. The van der Waals surface area contributed by atoms with Crippen molar-refractivity contribution in [1.29, 1.82) is 0 Å². The molecule has 6 nitrogen and oxygen atoms in total. The van der Waals surface area contributed by atoms with Crippen LogP contribution in [0.1, 0.15) is 32.3 Å². The lowest BCUT2D eigenvalue weighted by molar-refractivity contribution is -0.137. The molecule has 36 heavy (non-hydrogen) atoms. The van der Waals surface area contributed by atoms with Crippen LogP contribution < -0.4 is 10.5 Å². The van der Waals surface area contributed by atoms with E-state index in [9.17, 15) is 31.2 Å². The molecule has 10 heteroatoms. The van der Waals surface area contributed by atoms with Gasteiger partial charge in [-0.15, -0.1) is 0 Å². The van der Waals surface area contributed by atoms with Gasteiger partial charge in [0.25, 0.3) is 5.56 Å². The summed E-state index contributed by atoms with van der Waals surface area (Å²) in [4.78, 5) is 26.2. The monoisotopic (exact) mass is 518 g/mol. The third-order valence-electron chi connectivity index (χ3n) is 6.83. The second-order valence-corrected chi connectivity index (χ2v) is 11.8. The Morgan fingerprint density at radius 2 is 1.56 bits per heavy atom. The predicted octanol–water partition coefficient (Wildman–Crippen LogP) is 4.85. The fourth-order valence-corrected chi connectivity index (χ4v) is 6.28. The topological polar surface area (TPSA) is 76.5 Å². The van der Waals surface area contributed by atoms with E-state index in [0.717, 1.165) is 18.2 Å². The fraction of sp³-hybridized carbons (Fsp3) is 0.308. The van der Waals surface area contributed by atoms with Crippen molar-refractivity contribution in [2.45, 2.75) is 42.5 Å². The van der Waals surface area contributed by atoms with Gasteiger partial charge in [-0.3, -0.25) is 14.2 Å². The van der Waals surface area contributed by atoms with E-state index in [1.807, 2.05) is 0 Å². The van der Waals surface area contributed by atoms with Crippen LogP contribution in [-0.2, 0) is 20.8 Å². The van der Waals surface area contributed by atoms with Crippen molar-refractivity contribution >= 4 is 21.4 Å². The Morgan fingerprint density at radius 1 is 0.889 bits per heavy atom. The third-order valence-corrected chi connectivity index (χ3v) is 9.43. The van der Waals surface area contributed by atoms with Crippen LogP contribution in [0.25, 0.3) is 5.69 Å². The van der Waals surface area contributed by atoms with Crippen LogP contribution >= 0.6 is 0 Å². The Bertz CT molecular complexity index is 1440. The number of anilines is 1. The SMILES string of the molecule is CC(C)([C@@H]1CCN(c2ccc(-n3ccccc3=O)cc2)C(=O)C1)S(=O)(=O)c1cccc(C(F)(F)F)c1. The highest BCUT2D eigenvalue weighted by atomic mass is 32.2. The van der Waals surface area contributed by atoms with Gasteiger partial charge >= 0.3 is 6.18 Å². The van der Waals surface area contributed by atoms with E-state index in [0.29, 0.717) is 23.9 Å². The molecule has 1 fully saturated rings. The average molecular weight is 519 g/mol. The molecule has 1 atom stereocenters. The summed E-state index contributed by atoms with van der Waals surface area (Å²) in [6, 6.07) is 15.4. The first kappa shape index (κ1) is 25.7. The van der Waals surface area contributed by atoms with E-state index in [1.54, 1.807) is 47.5 Å². The zero-order valence-electron chi connectivity index (χ0n) is 19.7. The Hall–Kier alpha value is -3.40. The van der Waals surface area contributed by atoms with E-state index < -0.39 is 37.1 Å². The lowest BCUT2D eigenvalue weighted by Gasteiger charge is -2.39. The normalized spacial score (nSPS) is 17.3. The van der Waals surface area contributed by atoms with Crippen LogP contribution in [0.4, 0.5) is 18.9 Å². The Balaban J connectivity index is 1.53. The summed E-state index contributed by atoms with van der Waals surface area (Å²) in [5.74, 6) is -0.855. The molecule has 1 aliphatic heterocycles. The number of alkyl halides is 3. The number of nitrogens with zero attached hydrogens (tertiary/aromatic N) is 2. The molecule has 0 unspecified atom stereocenters. The molecule has 1 saturated heterocycles. The number of hydrogen-bond acceptors (Lipinski definition) is 4. The standard InChI is InChI=1S/C26H25F3N2O4S/c1-25(2,36(34,35)22-7-5-6-19(16-22)26(27,28)29)18-13-15-31(24(33)17-18)21-11-9-20(10-12-21)30-14-4-3-8-23(30)32/h3-12,14,16,18H,13,15,17H2,1-2H3/t18-/m1/s1. The Morgan fingerprint density at radius 3 is 2.17 bits per heavy atom. The fourth-order valence-electron chi connectivity index (χ4n) is 4.50. The second kappa shape index (κ2) is 9.24. The molecule has 0 saturated carbocycles. The zero-order chi connectivity index (χ0) is 26.3. The first-order chi connectivity index (χ1) is 16.8. The molecule has 0 radical (unpaired) electrons. The maximum absolute atomic E-state index is 13.4. The van der Waals surface area contributed by atoms with Crippen molar-refractivity contribution in [3.05, 3.63) is 88.8 Å². The molecule has 1 amide bonds. The minimum absolute atomic E-state index is 0.0644. The van der Waals surface area contributed by atoms with Gasteiger partial charge in [0.2, 0.25) is 5.91 Å². The third kappa shape index (κ3) is 4.69. The van der Waals surface area contributed by atoms with Crippen LogP contribution in [0.5, 0.6) is 0 Å². The largest absolute Gasteiger partial charge is 0.416 e. The summed E-state index contributed by atoms with van der Waals surface area (Å²) >= 11 is 0. The number of amides is 1. The van der Waals surface area contributed by atoms with E-state index in [-0.39, 0.29) is 24.4 Å². The lowest BCUT2D eigenvalue weighted by atomic mass is 9.85. The quantitative estimate of drug-likeness (QED) is 0.484. The van der Waals surface area contributed by atoms with Crippen LogP contribution in [0.2, 0.25) is 0 Å². The number of pyridine rings is 1. The molecule has 4 rings (SSSR count). The highest BCUT2D eigenvalue weighted by Crippen LogP contribution is 2.40. The summed E-state index contributed by atoms with van der Waals surface area (Å²) < 4.78 is 66.2. The van der Waals surface area contributed by atoms with Crippen LogP contribution in [-0.4, -0.2) is 30.2 Å². The zero-order valence-corrected chi connectivity index (χ0v) is 20.5. The van der Waals surface area contributed by atoms with Gasteiger partial charge < -0.3 is 4.90 Å². The van der Waals surface area contributed by atoms with Crippen molar-refractivity contribution in [3.8, 4) is 5.69 Å².